The maximum absolute atomic E-state index is 12.3. The summed E-state index contributed by atoms with van der Waals surface area (Å²) >= 11 is 0. The van der Waals surface area contributed by atoms with Gasteiger partial charge in [-0.1, -0.05) is 0 Å². The van der Waals surface area contributed by atoms with Gasteiger partial charge in [-0.3, -0.25) is 4.79 Å². The third-order valence-electron chi connectivity index (χ3n) is 4.43. The number of hydrogen-bond donors (Lipinski definition) is 3. The number of amides is 1. The predicted molar refractivity (Wildman–Crippen MR) is 86.1 cm³/mol. The minimum absolute atomic E-state index is 0.0924. The highest BCUT2D eigenvalue weighted by atomic mass is 16.1. The topological polar surface area (TPSA) is 80.0 Å². The number of nitrogens with one attached hydrogen (secondary N) is 2. The molecule has 1 saturated carbocycles. The Hall–Kier alpha value is -1.62. The number of carbonyl (C=O) groups excluding carboxylic acids is 1. The minimum Gasteiger partial charge on any atom is -0.373 e. The number of rotatable bonds is 4. The van der Waals surface area contributed by atoms with E-state index in [0.29, 0.717) is 5.92 Å². The number of hydrogen-bond acceptors (Lipinski definition) is 4. The van der Waals surface area contributed by atoms with Crippen molar-refractivity contribution in [3.8, 4) is 0 Å². The highest BCUT2D eigenvalue weighted by Crippen LogP contribution is 2.34. The molecule has 0 saturated heterocycles. The first-order valence-corrected chi connectivity index (χ1v) is 7.63. The molecule has 5 nitrogen and oxygen atoms in total. The Balaban J connectivity index is 1.90. The molecule has 1 aliphatic rings. The van der Waals surface area contributed by atoms with Gasteiger partial charge in [0.2, 0.25) is 5.91 Å². The quantitative estimate of drug-likeness (QED) is 0.796. The van der Waals surface area contributed by atoms with Crippen LogP contribution in [0.1, 0.15) is 39.5 Å². The largest absolute Gasteiger partial charge is 0.373 e. The smallest absolute Gasteiger partial charge is 0.227 e. The van der Waals surface area contributed by atoms with Gasteiger partial charge in [-0.15, -0.1) is 0 Å². The molecule has 0 bridgehead atoms. The van der Waals surface area contributed by atoms with E-state index in [-0.39, 0.29) is 17.4 Å². The van der Waals surface area contributed by atoms with Crippen molar-refractivity contribution in [1.82, 2.24) is 4.98 Å². The van der Waals surface area contributed by atoms with Crippen molar-refractivity contribution in [2.45, 2.75) is 45.1 Å². The van der Waals surface area contributed by atoms with Gasteiger partial charge in [0, 0.05) is 36.5 Å². The van der Waals surface area contributed by atoms with Crippen LogP contribution in [0, 0.1) is 11.8 Å². The summed E-state index contributed by atoms with van der Waals surface area (Å²) < 4.78 is 0. The molecule has 1 heterocycles. The van der Waals surface area contributed by atoms with E-state index in [0.717, 1.165) is 37.2 Å². The molecule has 116 valence electrons. The summed E-state index contributed by atoms with van der Waals surface area (Å²) in [4.78, 5) is 16.5. The molecule has 2 rings (SSSR count). The molecule has 0 unspecified atom stereocenters. The fourth-order valence-electron chi connectivity index (χ4n) is 2.99. The molecule has 0 spiro atoms. The van der Waals surface area contributed by atoms with Crippen molar-refractivity contribution in [3.63, 3.8) is 0 Å². The van der Waals surface area contributed by atoms with Gasteiger partial charge in [-0.05, 0) is 51.5 Å². The lowest BCUT2D eigenvalue weighted by atomic mass is 9.73. The third kappa shape index (κ3) is 4.17. The van der Waals surface area contributed by atoms with E-state index in [1.807, 2.05) is 19.2 Å². The number of carbonyl (C=O) groups is 1. The first-order chi connectivity index (χ1) is 9.90. The molecule has 5 heteroatoms. The fraction of sp³-hybridized carbons (Fsp3) is 0.625. The van der Waals surface area contributed by atoms with Gasteiger partial charge in [-0.25, -0.2) is 4.98 Å². The van der Waals surface area contributed by atoms with Crippen molar-refractivity contribution < 1.29 is 4.79 Å². The first kappa shape index (κ1) is 15.8. The monoisotopic (exact) mass is 290 g/mol. The Kier molecular flexibility index (Phi) is 4.83. The number of pyridine rings is 1. The van der Waals surface area contributed by atoms with Crippen LogP contribution in [0.3, 0.4) is 0 Å². The van der Waals surface area contributed by atoms with Crippen LogP contribution in [0.15, 0.2) is 18.3 Å². The van der Waals surface area contributed by atoms with Crippen LogP contribution in [-0.2, 0) is 4.79 Å². The summed E-state index contributed by atoms with van der Waals surface area (Å²) in [6, 6.07) is 3.65. The second-order valence-corrected chi connectivity index (χ2v) is 6.54. The number of nitrogens with two attached hydrogens (primary N) is 1. The zero-order valence-corrected chi connectivity index (χ0v) is 13.1. The summed E-state index contributed by atoms with van der Waals surface area (Å²) in [7, 11) is 1.81. The lowest BCUT2D eigenvalue weighted by molar-refractivity contribution is -0.121. The molecular weight excluding hydrogens is 264 g/mol. The van der Waals surface area contributed by atoms with Gasteiger partial charge in [-0.2, -0.15) is 0 Å². The Morgan fingerprint density at radius 1 is 1.33 bits per heavy atom. The molecule has 1 aliphatic carbocycles. The summed E-state index contributed by atoms with van der Waals surface area (Å²) in [5, 5.41) is 5.96. The van der Waals surface area contributed by atoms with E-state index in [9.17, 15) is 4.79 Å². The molecule has 0 aromatic carbocycles. The van der Waals surface area contributed by atoms with E-state index in [4.69, 9.17) is 5.73 Å². The van der Waals surface area contributed by atoms with Crippen LogP contribution >= 0.6 is 0 Å². The predicted octanol–water partition coefficient (Wildman–Crippen LogP) is 2.61. The first-order valence-electron chi connectivity index (χ1n) is 7.63. The Morgan fingerprint density at radius 2 is 2.00 bits per heavy atom. The summed E-state index contributed by atoms with van der Waals surface area (Å²) in [6.07, 6.45) is 5.58. The van der Waals surface area contributed by atoms with Crippen LogP contribution in [0.25, 0.3) is 0 Å². The van der Waals surface area contributed by atoms with E-state index in [2.05, 4.69) is 29.5 Å². The minimum atomic E-state index is -0.145. The van der Waals surface area contributed by atoms with Crippen LogP contribution in [0.2, 0.25) is 0 Å². The van der Waals surface area contributed by atoms with Gasteiger partial charge in [0.1, 0.15) is 5.82 Å². The van der Waals surface area contributed by atoms with Crippen LogP contribution in [0.5, 0.6) is 0 Å². The van der Waals surface area contributed by atoms with Gasteiger partial charge >= 0.3 is 0 Å². The Bertz CT molecular complexity index is 487. The summed E-state index contributed by atoms with van der Waals surface area (Å²) in [6.45, 7) is 4.16. The second kappa shape index (κ2) is 6.43. The summed E-state index contributed by atoms with van der Waals surface area (Å²) in [5.41, 5.74) is 6.82. The highest BCUT2D eigenvalue weighted by molar-refractivity contribution is 5.92. The van der Waals surface area contributed by atoms with E-state index < -0.39 is 0 Å². The molecule has 0 aliphatic heterocycles. The average Bonchev–Trinajstić information content (AvgIpc) is 2.46. The van der Waals surface area contributed by atoms with Gasteiger partial charge < -0.3 is 16.4 Å². The molecule has 1 fully saturated rings. The second-order valence-electron chi connectivity index (χ2n) is 6.54. The van der Waals surface area contributed by atoms with E-state index >= 15 is 0 Å². The molecule has 1 amide bonds. The van der Waals surface area contributed by atoms with Crippen LogP contribution < -0.4 is 16.4 Å². The number of aromatic nitrogens is 1. The maximum Gasteiger partial charge on any atom is 0.227 e. The molecule has 0 radical (unpaired) electrons. The lowest BCUT2D eigenvalue weighted by Crippen LogP contribution is -2.43. The van der Waals surface area contributed by atoms with Gasteiger partial charge in [0.15, 0.2) is 0 Å². The van der Waals surface area contributed by atoms with Crippen molar-refractivity contribution >= 4 is 17.4 Å². The average molecular weight is 290 g/mol. The molecule has 21 heavy (non-hydrogen) atoms. The highest BCUT2D eigenvalue weighted by Gasteiger charge is 2.32. The lowest BCUT2D eigenvalue weighted by Gasteiger charge is -2.36. The standard InChI is InChI=1S/C16H26N4O/c1-16(2,17)12-6-4-11(5-7-12)15(21)20-13-8-9-19-14(10-13)18-3/h8-12H,4-7,17H2,1-3H3,(H2,18,19,20,21)/t11-,12-. The van der Waals surface area contributed by atoms with Crippen molar-refractivity contribution in [2.75, 3.05) is 17.7 Å². The maximum atomic E-state index is 12.3. The molecular formula is C16H26N4O. The summed E-state index contributed by atoms with van der Waals surface area (Å²) in [5.74, 6) is 1.46. The third-order valence-corrected chi connectivity index (χ3v) is 4.43. The zero-order valence-electron chi connectivity index (χ0n) is 13.1. The normalized spacial score (nSPS) is 22.7. The SMILES string of the molecule is CNc1cc(NC(=O)[C@H]2CC[C@H](C(C)(C)N)CC2)ccn1. The van der Waals surface area contributed by atoms with Crippen LogP contribution in [0.4, 0.5) is 11.5 Å². The molecule has 4 N–H and O–H groups in total. The van der Waals surface area contributed by atoms with Crippen molar-refractivity contribution in [1.29, 1.82) is 0 Å². The zero-order chi connectivity index (χ0) is 15.5. The van der Waals surface area contributed by atoms with Gasteiger partial charge in [0.25, 0.3) is 0 Å². The number of anilines is 2. The van der Waals surface area contributed by atoms with E-state index in [1.54, 1.807) is 6.20 Å². The molecule has 1 aromatic heterocycles. The van der Waals surface area contributed by atoms with Gasteiger partial charge in [0.05, 0.1) is 0 Å². The molecule has 1 aromatic rings. The number of nitrogens with zero attached hydrogens (tertiary/aromatic N) is 1. The Labute approximate surface area is 126 Å². The van der Waals surface area contributed by atoms with Crippen molar-refractivity contribution in [3.05, 3.63) is 18.3 Å². The Morgan fingerprint density at radius 3 is 2.57 bits per heavy atom. The van der Waals surface area contributed by atoms with E-state index in [1.165, 1.54) is 0 Å². The van der Waals surface area contributed by atoms with Crippen LogP contribution in [-0.4, -0.2) is 23.5 Å². The van der Waals surface area contributed by atoms with Crippen molar-refractivity contribution in [2.24, 2.45) is 17.6 Å². The molecule has 0 atom stereocenters. The fourth-order valence-corrected chi connectivity index (χ4v) is 2.99.